The molecule has 1 rings (SSSR count). The second-order valence-electron chi connectivity index (χ2n) is 5.93. The molecule has 0 aliphatic rings. The third-order valence-corrected chi connectivity index (χ3v) is 4.71. The number of benzene rings is 1. The summed E-state index contributed by atoms with van der Waals surface area (Å²) in [5.41, 5.74) is 0.215. The topological polar surface area (TPSA) is 67.4 Å². The van der Waals surface area contributed by atoms with Gasteiger partial charge in [0, 0.05) is 26.2 Å². The van der Waals surface area contributed by atoms with E-state index in [2.05, 4.69) is 10.0 Å². The molecule has 0 spiro atoms. The maximum absolute atomic E-state index is 12.5. The summed E-state index contributed by atoms with van der Waals surface area (Å²) in [6.45, 7) is 8.45. The summed E-state index contributed by atoms with van der Waals surface area (Å²) in [5, 5.41) is 3.24. The van der Waals surface area contributed by atoms with Crippen LogP contribution in [-0.2, 0) is 21.3 Å². The van der Waals surface area contributed by atoms with Crippen LogP contribution in [0.25, 0.3) is 0 Å². The van der Waals surface area contributed by atoms with Gasteiger partial charge in [0.15, 0.2) is 0 Å². The van der Waals surface area contributed by atoms with Crippen LogP contribution in [0, 0.1) is 0 Å². The molecule has 1 aromatic carbocycles. The molecule has 0 aliphatic carbocycles. The maximum Gasteiger partial charge on any atom is 0.240 e. The van der Waals surface area contributed by atoms with E-state index in [9.17, 15) is 8.42 Å². The fraction of sp³-hybridized carbons (Fsp3) is 0.600. The molecule has 0 saturated carbocycles. The first-order valence-corrected chi connectivity index (χ1v) is 8.52. The molecule has 1 aromatic rings. The Morgan fingerprint density at radius 1 is 1.24 bits per heavy atom. The second kappa shape index (κ2) is 7.35. The quantitative estimate of drug-likeness (QED) is 0.769. The predicted octanol–water partition coefficient (Wildman–Crippen LogP) is 1.89. The van der Waals surface area contributed by atoms with Crippen LogP contribution in [0.5, 0.6) is 0 Å². The zero-order valence-electron chi connectivity index (χ0n) is 13.4. The van der Waals surface area contributed by atoms with E-state index in [0.717, 1.165) is 5.56 Å². The molecule has 0 radical (unpaired) electrons. The number of nitrogens with one attached hydrogen (secondary N) is 2. The van der Waals surface area contributed by atoms with Crippen molar-refractivity contribution in [1.29, 1.82) is 0 Å². The van der Waals surface area contributed by atoms with Crippen molar-refractivity contribution in [2.75, 3.05) is 13.7 Å². The molecule has 0 aromatic heterocycles. The number of ether oxygens (including phenoxy) is 1. The Kier molecular flexibility index (Phi) is 6.34. The van der Waals surface area contributed by atoms with Crippen molar-refractivity contribution in [3.8, 4) is 0 Å². The first kappa shape index (κ1) is 18.1. The highest BCUT2D eigenvalue weighted by atomic mass is 32.2. The van der Waals surface area contributed by atoms with Crippen molar-refractivity contribution in [3.63, 3.8) is 0 Å². The average molecular weight is 314 g/mol. The van der Waals surface area contributed by atoms with E-state index in [1.807, 2.05) is 39.8 Å². The minimum atomic E-state index is -3.55. The molecule has 0 atom stereocenters. The molecule has 21 heavy (non-hydrogen) atoms. The van der Waals surface area contributed by atoms with Gasteiger partial charge in [0.1, 0.15) is 0 Å². The first-order valence-electron chi connectivity index (χ1n) is 7.04. The summed E-state index contributed by atoms with van der Waals surface area (Å²) >= 11 is 0. The fourth-order valence-electron chi connectivity index (χ4n) is 1.64. The molecule has 0 unspecified atom stereocenters. The van der Waals surface area contributed by atoms with Crippen LogP contribution in [0.2, 0.25) is 0 Å². The number of sulfonamides is 1. The number of hydrogen-bond donors (Lipinski definition) is 2. The summed E-state index contributed by atoms with van der Waals surface area (Å²) in [4.78, 5) is 0.310. The van der Waals surface area contributed by atoms with Gasteiger partial charge in [0.25, 0.3) is 0 Å². The Hall–Kier alpha value is -0.950. The minimum absolute atomic E-state index is 0.220. The van der Waals surface area contributed by atoms with Gasteiger partial charge in [-0.3, -0.25) is 0 Å². The van der Waals surface area contributed by atoms with Crippen molar-refractivity contribution in [2.45, 2.75) is 50.8 Å². The van der Waals surface area contributed by atoms with E-state index in [-0.39, 0.29) is 6.54 Å². The smallest absolute Gasteiger partial charge is 0.240 e. The standard InChI is InChI=1S/C15H26N2O3S/c1-12(2)16-10-13-8-6-7-9-14(13)21(18,19)17-11-15(3,4)20-5/h6-9,12,16-17H,10-11H2,1-5H3. The second-order valence-corrected chi connectivity index (χ2v) is 7.67. The van der Waals surface area contributed by atoms with E-state index in [1.54, 1.807) is 19.2 Å². The Balaban J connectivity index is 2.92. The van der Waals surface area contributed by atoms with Gasteiger partial charge in [0.05, 0.1) is 10.5 Å². The molecule has 0 aliphatic heterocycles. The van der Waals surface area contributed by atoms with Gasteiger partial charge in [-0.2, -0.15) is 0 Å². The van der Waals surface area contributed by atoms with E-state index in [0.29, 0.717) is 17.5 Å². The lowest BCUT2D eigenvalue weighted by Crippen LogP contribution is -2.40. The molecule has 0 heterocycles. The van der Waals surface area contributed by atoms with Gasteiger partial charge in [-0.1, -0.05) is 32.0 Å². The van der Waals surface area contributed by atoms with Crippen molar-refractivity contribution in [2.24, 2.45) is 0 Å². The summed E-state index contributed by atoms with van der Waals surface area (Å²) in [5.74, 6) is 0. The van der Waals surface area contributed by atoms with Gasteiger partial charge in [0.2, 0.25) is 10.0 Å². The average Bonchev–Trinajstić information content (AvgIpc) is 2.43. The molecule has 6 heteroatoms. The van der Waals surface area contributed by atoms with Crippen molar-refractivity contribution in [3.05, 3.63) is 29.8 Å². The largest absolute Gasteiger partial charge is 0.377 e. The van der Waals surface area contributed by atoms with E-state index in [4.69, 9.17) is 4.74 Å². The third-order valence-electron chi connectivity index (χ3n) is 3.20. The molecule has 2 N–H and O–H groups in total. The molecular weight excluding hydrogens is 288 g/mol. The van der Waals surface area contributed by atoms with E-state index in [1.165, 1.54) is 0 Å². The lowest BCUT2D eigenvalue weighted by molar-refractivity contribution is 0.0276. The van der Waals surface area contributed by atoms with E-state index < -0.39 is 15.6 Å². The van der Waals surface area contributed by atoms with Crippen LogP contribution in [0.15, 0.2) is 29.2 Å². The van der Waals surface area contributed by atoms with Crippen LogP contribution >= 0.6 is 0 Å². The van der Waals surface area contributed by atoms with Crippen molar-refractivity contribution in [1.82, 2.24) is 10.0 Å². The van der Waals surface area contributed by atoms with Crippen LogP contribution in [0.1, 0.15) is 33.3 Å². The highest BCUT2D eigenvalue weighted by Crippen LogP contribution is 2.16. The highest BCUT2D eigenvalue weighted by molar-refractivity contribution is 7.89. The molecule has 0 saturated heterocycles. The van der Waals surface area contributed by atoms with Crippen molar-refractivity contribution >= 4 is 10.0 Å². The SMILES string of the molecule is COC(C)(C)CNS(=O)(=O)c1ccccc1CNC(C)C. The molecule has 0 fully saturated rings. The Morgan fingerprint density at radius 3 is 2.43 bits per heavy atom. The summed E-state index contributed by atoms with van der Waals surface area (Å²) < 4.78 is 32.8. The number of methoxy groups -OCH3 is 1. The Labute approximate surface area is 128 Å². The van der Waals surface area contributed by atoms with Crippen LogP contribution in [0.3, 0.4) is 0 Å². The number of hydrogen-bond acceptors (Lipinski definition) is 4. The first-order chi connectivity index (χ1) is 9.68. The molecule has 120 valence electrons. The van der Waals surface area contributed by atoms with Crippen molar-refractivity contribution < 1.29 is 13.2 Å². The lowest BCUT2D eigenvalue weighted by atomic mass is 10.1. The van der Waals surface area contributed by atoms with Crippen LogP contribution in [0.4, 0.5) is 0 Å². The molecule has 0 amide bonds. The Bertz CT molecular complexity index is 554. The Morgan fingerprint density at radius 2 is 1.86 bits per heavy atom. The predicted molar refractivity (Wildman–Crippen MR) is 84.7 cm³/mol. The zero-order valence-corrected chi connectivity index (χ0v) is 14.3. The van der Waals surface area contributed by atoms with Gasteiger partial charge >= 0.3 is 0 Å². The normalized spacial score (nSPS) is 12.9. The van der Waals surface area contributed by atoms with Gasteiger partial charge in [-0.25, -0.2) is 13.1 Å². The minimum Gasteiger partial charge on any atom is -0.377 e. The van der Waals surface area contributed by atoms with Crippen LogP contribution < -0.4 is 10.0 Å². The summed E-state index contributed by atoms with van der Waals surface area (Å²) in [7, 11) is -1.99. The van der Waals surface area contributed by atoms with Gasteiger partial charge in [-0.05, 0) is 25.5 Å². The zero-order chi connectivity index (χ0) is 16.1. The molecule has 0 bridgehead atoms. The molecule has 5 nitrogen and oxygen atoms in total. The van der Waals surface area contributed by atoms with Crippen LogP contribution in [-0.4, -0.2) is 33.7 Å². The third kappa shape index (κ3) is 5.74. The fourth-order valence-corrected chi connectivity index (χ4v) is 3.08. The monoisotopic (exact) mass is 314 g/mol. The summed E-state index contributed by atoms with van der Waals surface area (Å²) in [6.07, 6.45) is 0. The lowest BCUT2D eigenvalue weighted by Gasteiger charge is -2.23. The van der Waals surface area contributed by atoms with E-state index >= 15 is 0 Å². The summed E-state index contributed by atoms with van der Waals surface area (Å²) in [6, 6.07) is 7.32. The van der Waals surface area contributed by atoms with Gasteiger partial charge in [-0.15, -0.1) is 0 Å². The van der Waals surface area contributed by atoms with Gasteiger partial charge < -0.3 is 10.1 Å². The highest BCUT2D eigenvalue weighted by Gasteiger charge is 2.23. The number of rotatable bonds is 8. The maximum atomic E-state index is 12.5. The molecular formula is C15H26N2O3S.